The van der Waals surface area contributed by atoms with E-state index >= 15 is 0 Å². The molecule has 458 valence electrons. The molecule has 2 aromatic carbocycles. The fourth-order valence-electron chi connectivity index (χ4n) is 8.19. The molecule has 0 unspecified atom stereocenters. The third kappa shape index (κ3) is 21.0. The number of piperidine rings is 2. The van der Waals surface area contributed by atoms with E-state index < -0.39 is 57.3 Å². The van der Waals surface area contributed by atoms with E-state index in [2.05, 4.69) is 96.3 Å². The molecule has 0 spiro atoms. The number of nitrogens with zero attached hydrogens (tertiary/aromatic N) is 9. The number of halogens is 6. The summed E-state index contributed by atoms with van der Waals surface area (Å²) in [6, 6.07) is 21.3. The van der Waals surface area contributed by atoms with Crippen molar-refractivity contribution in [2.75, 3.05) is 55.8 Å². The first-order valence-corrected chi connectivity index (χ1v) is 37.4. The van der Waals surface area contributed by atoms with Gasteiger partial charge in [-0.25, -0.2) is 31.9 Å². The fourth-order valence-corrected chi connectivity index (χ4v) is 10.2. The van der Waals surface area contributed by atoms with Gasteiger partial charge in [0, 0.05) is 113 Å². The quantitative estimate of drug-likeness (QED) is 0.0333. The van der Waals surface area contributed by atoms with Crippen LogP contribution in [0, 0.1) is 5.41 Å². The highest BCUT2D eigenvalue weighted by Crippen LogP contribution is 2.37. The number of benzene rings is 2. The van der Waals surface area contributed by atoms with Crippen molar-refractivity contribution in [1.29, 1.82) is 0 Å². The van der Waals surface area contributed by atoms with E-state index in [-0.39, 0.29) is 71.2 Å². The molecule has 5 aromatic rings. The second-order valence-electron chi connectivity index (χ2n) is 26.6. The lowest BCUT2D eigenvalue weighted by molar-refractivity contribution is -0.167. The summed E-state index contributed by atoms with van der Waals surface area (Å²) in [7, 11) is -2.81. The van der Waals surface area contributed by atoms with E-state index in [0.717, 1.165) is 37.6 Å². The van der Waals surface area contributed by atoms with Crippen LogP contribution in [0.15, 0.2) is 75.8 Å². The smallest absolute Gasteiger partial charge is 0.476 e. The van der Waals surface area contributed by atoms with Gasteiger partial charge in [-0.05, 0) is 105 Å². The molecule has 0 saturated carbocycles. The monoisotopic (exact) mass is 1320 g/mol. The van der Waals surface area contributed by atoms with E-state index in [0.29, 0.717) is 49.4 Å². The zero-order chi connectivity index (χ0) is 61.4. The van der Waals surface area contributed by atoms with Crippen LogP contribution in [0.5, 0.6) is 5.88 Å². The maximum absolute atomic E-state index is 13.6. The van der Waals surface area contributed by atoms with Gasteiger partial charge in [0.15, 0.2) is 11.6 Å². The van der Waals surface area contributed by atoms with Gasteiger partial charge in [-0.1, -0.05) is 101 Å². The Balaban J connectivity index is 0.000000200. The molecule has 0 radical (unpaired) electrons. The summed E-state index contributed by atoms with van der Waals surface area (Å²) in [6.45, 7) is 34.1. The first-order valence-electron chi connectivity index (χ1n) is 28.4. The Hall–Kier alpha value is -4.24. The molecular weight excluding hydrogens is 1240 g/mol. The van der Waals surface area contributed by atoms with Crippen molar-refractivity contribution in [3.63, 3.8) is 0 Å². The van der Waals surface area contributed by atoms with Gasteiger partial charge in [0.05, 0.1) is 16.6 Å². The summed E-state index contributed by atoms with van der Waals surface area (Å²) in [5.74, 6) is -2.70. The number of rotatable bonds is 19. The molecule has 0 aliphatic carbocycles. The van der Waals surface area contributed by atoms with E-state index in [1.807, 2.05) is 113 Å². The number of ether oxygens (including phenoxy) is 4. The van der Waals surface area contributed by atoms with Crippen molar-refractivity contribution >= 4 is 78.5 Å². The Morgan fingerprint density at radius 3 is 1.61 bits per heavy atom. The molecule has 3 aromatic heterocycles. The minimum Gasteiger partial charge on any atom is -0.476 e. The molecule has 3 aliphatic rings. The highest BCUT2D eigenvalue weighted by molar-refractivity contribution is 9.10. The van der Waals surface area contributed by atoms with Crippen molar-refractivity contribution in [3.8, 4) is 28.7 Å². The molecule has 0 atom stereocenters. The highest BCUT2D eigenvalue weighted by atomic mass is 79.9. The van der Waals surface area contributed by atoms with Gasteiger partial charge in [0.25, 0.3) is 11.8 Å². The molecular formula is C58H86BBr2F4N9O7Si2. The second-order valence-corrected chi connectivity index (χ2v) is 39.6. The molecule has 8 rings (SSSR count). The molecule has 16 nitrogen and oxygen atoms in total. The van der Waals surface area contributed by atoms with Crippen molar-refractivity contribution in [1.82, 2.24) is 34.5 Å². The summed E-state index contributed by atoms with van der Waals surface area (Å²) in [4.78, 5) is 29.6. The molecule has 0 bridgehead atoms. The molecule has 3 aliphatic heterocycles. The highest BCUT2D eigenvalue weighted by Gasteiger charge is 2.52. The molecule has 0 N–H and O–H groups in total. The van der Waals surface area contributed by atoms with Crippen LogP contribution < -0.4 is 20.0 Å². The summed E-state index contributed by atoms with van der Waals surface area (Å²) >= 11 is 6.87. The standard InChI is InChI=1S/C20H32BNO5.2C19H27BrF2N4OSi/c1-17(2,3)25-16(23)18(4,5)13-24-15-11-10-14(12-22-15)21-26-19(6,7)20(8,9)27-21;1-28(2,3)13-12-27-14-26-17(15-4-6-16(20)7-5-15)23-18(24-26)25-10-8-19(21,22)9-11-25;1-28(2,3)13-12-27-14-26-18(25-10-8-19(21,22)9-11-25)23-17(24-26)15-4-6-16(20)7-5-15/h10-12H,13H2,1-9H3;2*4-7H,8-14H2,1-3H3. The lowest BCUT2D eigenvalue weighted by Crippen LogP contribution is -2.41. The average Bonchev–Trinajstić information content (AvgIpc) is 3.27. The first-order chi connectivity index (χ1) is 38.4. The maximum Gasteiger partial charge on any atom is 0.496 e. The Labute approximate surface area is 507 Å². The van der Waals surface area contributed by atoms with Gasteiger partial charge in [-0.2, -0.15) is 9.97 Å². The van der Waals surface area contributed by atoms with Gasteiger partial charge < -0.3 is 38.1 Å². The first kappa shape index (κ1) is 67.9. The number of pyridine rings is 1. The van der Waals surface area contributed by atoms with E-state index in [1.54, 1.807) is 35.5 Å². The summed E-state index contributed by atoms with van der Waals surface area (Å²) in [6.07, 6.45) is 1.02. The van der Waals surface area contributed by atoms with Crippen LogP contribution in [0.3, 0.4) is 0 Å². The van der Waals surface area contributed by atoms with E-state index in [9.17, 15) is 22.4 Å². The number of carbonyl (C=O) groups is 1. The van der Waals surface area contributed by atoms with Crippen molar-refractivity contribution < 1.29 is 50.6 Å². The van der Waals surface area contributed by atoms with Crippen molar-refractivity contribution in [3.05, 3.63) is 75.8 Å². The number of anilines is 2. The topological polar surface area (TPSA) is 153 Å². The van der Waals surface area contributed by atoms with Crippen LogP contribution in [0.25, 0.3) is 22.8 Å². The fraction of sp³-hybridized carbons (Fsp3) is 0.621. The van der Waals surface area contributed by atoms with Gasteiger partial charge in [-0.3, -0.25) is 4.79 Å². The summed E-state index contributed by atoms with van der Waals surface area (Å²) in [5.41, 5.74) is 0.517. The largest absolute Gasteiger partial charge is 0.496 e. The van der Waals surface area contributed by atoms with Gasteiger partial charge in [0.2, 0.25) is 17.8 Å². The van der Waals surface area contributed by atoms with Crippen LogP contribution in [-0.2, 0) is 41.8 Å². The average molecular weight is 1320 g/mol. The SMILES string of the molecule is CC(C)(C)OC(=O)C(C)(C)COc1ccc(B2OC(C)(C)C(C)(C)O2)cn1.C[Si](C)(C)CCOCn1nc(-c2ccc(Br)cc2)nc1N1CCC(F)(F)CC1.C[Si](C)(C)CCOCn1nc(N2CCC(F)(F)CC2)nc1-c1ccc(Br)cc1. The van der Waals surface area contributed by atoms with Gasteiger partial charge >= 0.3 is 13.1 Å². The van der Waals surface area contributed by atoms with Crippen LogP contribution in [0.1, 0.15) is 88.0 Å². The summed E-state index contributed by atoms with van der Waals surface area (Å²) < 4.78 is 94.4. The number of aromatic nitrogens is 7. The number of esters is 1. The number of alkyl halides is 4. The van der Waals surface area contributed by atoms with Crippen LogP contribution in [-0.4, -0.2) is 138 Å². The van der Waals surface area contributed by atoms with E-state index in [1.165, 1.54) is 0 Å². The van der Waals surface area contributed by atoms with Gasteiger partial charge in [0.1, 0.15) is 25.7 Å². The van der Waals surface area contributed by atoms with Crippen molar-refractivity contribution in [2.24, 2.45) is 5.41 Å². The molecule has 83 heavy (non-hydrogen) atoms. The minimum atomic E-state index is -2.59. The van der Waals surface area contributed by atoms with Crippen LogP contribution >= 0.6 is 31.9 Å². The Bertz CT molecular complexity index is 2850. The molecule has 3 saturated heterocycles. The zero-order valence-electron chi connectivity index (χ0n) is 51.2. The number of carbonyl (C=O) groups excluding carboxylic acids is 1. The predicted molar refractivity (Wildman–Crippen MR) is 332 cm³/mol. The number of hydrogen-bond acceptors (Lipinski definition) is 14. The zero-order valence-corrected chi connectivity index (χ0v) is 56.4. The Morgan fingerprint density at radius 1 is 0.663 bits per heavy atom. The second kappa shape index (κ2) is 27.6. The van der Waals surface area contributed by atoms with Crippen molar-refractivity contribution in [2.45, 2.75) is 181 Å². The third-order valence-electron chi connectivity index (χ3n) is 14.3. The molecule has 0 amide bonds. The summed E-state index contributed by atoms with van der Waals surface area (Å²) in [5, 5.41) is 9.18. The Kier molecular flexibility index (Phi) is 22.6. The predicted octanol–water partition coefficient (Wildman–Crippen LogP) is 13.6. The van der Waals surface area contributed by atoms with Crippen LogP contribution in [0.4, 0.5) is 29.5 Å². The molecule has 3 fully saturated rings. The lowest BCUT2D eigenvalue weighted by atomic mass is 9.80. The third-order valence-corrected chi connectivity index (χ3v) is 18.8. The molecule has 25 heteroatoms. The van der Waals surface area contributed by atoms with E-state index in [4.69, 9.17) is 28.3 Å². The lowest BCUT2D eigenvalue weighted by Gasteiger charge is -2.32. The van der Waals surface area contributed by atoms with Gasteiger partial charge in [-0.15, -0.1) is 10.2 Å². The van der Waals surface area contributed by atoms with Crippen LogP contribution in [0.2, 0.25) is 51.4 Å². The number of hydrogen-bond donors (Lipinski definition) is 0. The normalized spacial score (nSPS) is 17.8. The minimum absolute atomic E-state index is 0.163. The molecule has 6 heterocycles. The Morgan fingerprint density at radius 2 is 1.14 bits per heavy atom. The maximum atomic E-state index is 13.6.